The molecule has 1 amide bonds. The number of nitriles is 1. The van der Waals surface area contributed by atoms with Gasteiger partial charge >= 0.3 is 0 Å². The number of halogens is 1. The number of amides is 1. The molecule has 0 saturated carbocycles. The van der Waals surface area contributed by atoms with Crippen molar-refractivity contribution in [2.75, 3.05) is 19.8 Å². The standard InChI is InChI=1S/C16H15ClN2O3/c1-2-4-19-16(20)12(10-18)7-11-8-13(17)15-14(9-11)21-5-3-6-22-15/h2,7-9H,1,3-6H2,(H,19,20)/b12-7+. The molecule has 0 aromatic heterocycles. The van der Waals surface area contributed by atoms with E-state index in [1.54, 1.807) is 12.1 Å². The number of nitrogens with one attached hydrogen (secondary N) is 1. The zero-order chi connectivity index (χ0) is 15.9. The van der Waals surface area contributed by atoms with Crippen LogP contribution >= 0.6 is 11.6 Å². The lowest BCUT2D eigenvalue weighted by atomic mass is 10.1. The zero-order valence-electron chi connectivity index (χ0n) is 11.9. The summed E-state index contributed by atoms with van der Waals surface area (Å²) in [5, 5.41) is 12.1. The molecule has 1 aliphatic heterocycles. The number of nitrogens with zero attached hydrogens (tertiary/aromatic N) is 1. The van der Waals surface area contributed by atoms with Crippen LogP contribution in [0.3, 0.4) is 0 Å². The Morgan fingerprint density at radius 3 is 2.95 bits per heavy atom. The third-order valence-electron chi connectivity index (χ3n) is 2.91. The van der Waals surface area contributed by atoms with Crippen LogP contribution in [0.25, 0.3) is 6.08 Å². The molecule has 6 heteroatoms. The van der Waals surface area contributed by atoms with Crippen molar-refractivity contribution in [3.63, 3.8) is 0 Å². The molecule has 0 bridgehead atoms. The van der Waals surface area contributed by atoms with Gasteiger partial charge in [0.1, 0.15) is 11.6 Å². The summed E-state index contributed by atoms with van der Waals surface area (Å²) in [6, 6.07) is 5.20. The van der Waals surface area contributed by atoms with Crippen LogP contribution in [0.5, 0.6) is 11.5 Å². The molecule has 1 heterocycles. The average Bonchev–Trinajstić information content (AvgIpc) is 2.76. The smallest absolute Gasteiger partial charge is 0.262 e. The second-order valence-electron chi connectivity index (χ2n) is 4.55. The van der Waals surface area contributed by atoms with Gasteiger partial charge in [-0.05, 0) is 23.8 Å². The molecule has 1 N–H and O–H groups in total. The fraction of sp³-hybridized carbons (Fsp3) is 0.250. The predicted molar refractivity (Wildman–Crippen MR) is 83.9 cm³/mol. The number of carbonyl (C=O) groups is 1. The van der Waals surface area contributed by atoms with Crippen LogP contribution in [-0.2, 0) is 4.79 Å². The summed E-state index contributed by atoms with van der Waals surface area (Å²) in [5.74, 6) is 0.539. The highest BCUT2D eigenvalue weighted by Gasteiger charge is 2.16. The first-order valence-electron chi connectivity index (χ1n) is 6.75. The van der Waals surface area contributed by atoms with Gasteiger partial charge < -0.3 is 14.8 Å². The molecule has 0 saturated heterocycles. The van der Waals surface area contributed by atoms with E-state index in [9.17, 15) is 4.79 Å². The first kappa shape index (κ1) is 15.9. The third-order valence-corrected chi connectivity index (χ3v) is 3.19. The van der Waals surface area contributed by atoms with Gasteiger partial charge in [0.05, 0.1) is 18.2 Å². The van der Waals surface area contributed by atoms with Crippen molar-refractivity contribution in [2.24, 2.45) is 0 Å². The Morgan fingerprint density at radius 2 is 2.23 bits per heavy atom. The number of carbonyl (C=O) groups excluding carboxylic acids is 1. The Bertz CT molecular complexity index is 662. The lowest BCUT2D eigenvalue weighted by molar-refractivity contribution is -0.116. The van der Waals surface area contributed by atoms with Crippen molar-refractivity contribution in [3.05, 3.63) is 40.9 Å². The molecule has 1 aromatic rings. The van der Waals surface area contributed by atoms with Gasteiger partial charge in [-0.15, -0.1) is 6.58 Å². The van der Waals surface area contributed by atoms with Gasteiger partial charge in [0, 0.05) is 13.0 Å². The zero-order valence-corrected chi connectivity index (χ0v) is 12.7. The minimum Gasteiger partial charge on any atom is -0.489 e. The van der Waals surface area contributed by atoms with Crippen molar-refractivity contribution in [1.82, 2.24) is 5.32 Å². The maximum atomic E-state index is 11.8. The Hall–Kier alpha value is -2.45. The largest absolute Gasteiger partial charge is 0.489 e. The molecule has 1 aliphatic rings. The first-order valence-corrected chi connectivity index (χ1v) is 7.13. The highest BCUT2D eigenvalue weighted by Crippen LogP contribution is 2.38. The van der Waals surface area contributed by atoms with Gasteiger partial charge in [-0.2, -0.15) is 5.26 Å². The van der Waals surface area contributed by atoms with Gasteiger partial charge in [-0.1, -0.05) is 17.7 Å². The van der Waals surface area contributed by atoms with Crippen LogP contribution in [0.2, 0.25) is 5.02 Å². The molecule has 5 nitrogen and oxygen atoms in total. The van der Waals surface area contributed by atoms with E-state index in [0.29, 0.717) is 41.8 Å². The Morgan fingerprint density at radius 1 is 1.45 bits per heavy atom. The number of hydrogen-bond donors (Lipinski definition) is 1. The topological polar surface area (TPSA) is 71.4 Å². The molecule has 0 radical (unpaired) electrons. The quantitative estimate of drug-likeness (QED) is 0.526. The molecule has 0 aliphatic carbocycles. The predicted octanol–water partition coefficient (Wildman–Crippen LogP) is 2.71. The van der Waals surface area contributed by atoms with Crippen LogP contribution in [0.4, 0.5) is 0 Å². The summed E-state index contributed by atoms with van der Waals surface area (Å²) in [4.78, 5) is 11.8. The monoisotopic (exact) mass is 318 g/mol. The summed E-state index contributed by atoms with van der Waals surface area (Å²) >= 11 is 6.18. The Labute approximate surface area is 133 Å². The molecule has 1 aromatic carbocycles. The number of ether oxygens (including phenoxy) is 2. The normalized spacial score (nSPS) is 13.7. The van der Waals surface area contributed by atoms with Crippen molar-refractivity contribution in [2.45, 2.75) is 6.42 Å². The lowest BCUT2D eigenvalue weighted by Crippen LogP contribution is -2.24. The number of hydrogen-bond acceptors (Lipinski definition) is 4. The van der Waals surface area contributed by atoms with Crippen molar-refractivity contribution in [1.29, 1.82) is 5.26 Å². The van der Waals surface area contributed by atoms with Crippen LogP contribution < -0.4 is 14.8 Å². The van der Waals surface area contributed by atoms with Crippen LogP contribution in [0.15, 0.2) is 30.4 Å². The number of rotatable bonds is 4. The molecule has 114 valence electrons. The maximum absolute atomic E-state index is 11.8. The molecule has 0 unspecified atom stereocenters. The van der Waals surface area contributed by atoms with Crippen LogP contribution in [0.1, 0.15) is 12.0 Å². The molecular formula is C16H15ClN2O3. The van der Waals surface area contributed by atoms with E-state index in [4.69, 9.17) is 26.3 Å². The minimum absolute atomic E-state index is 0.0209. The number of fused-ring (bicyclic) bond motifs is 1. The highest BCUT2D eigenvalue weighted by atomic mass is 35.5. The maximum Gasteiger partial charge on any atom is 0.262 e. The van der Waals surface area contributed by atoms with E-state index in [1.165, 1.54) is 12.2 Å². The van der Waals surface area contributed by atoms with Gasteiger partial charge in [-0.25, -0.2) is 0 Å². The van der Waals surface area contributed by atoms with Crippen molar-refractivity contribution < 1.29 is 14.3 Å². The van der Waals surface area contributed by atoms with Gasteiger partial charge in [-0.3, -0.25) is 4.79 Å². The van der Waals surface area contributed by atoms with E-state index in [2.05, 4.69) is 11.9 Å². The summed E-state index contributed by atoms with van der Waals surface area (Å²) in [5.41, 5.74) is 0.576. The second kappa shape index (κ2) is 7.53. The van der Waals surface area contributed by atoms with Crippen LogP contribution in [-0.4, -0.2) is 25.7 Å². The lowest BCUT2D eigenvalue weighted by Gasteiger charge is -2.10. The molecule has 22 heavy (non-hydrogen) atoms. The van der Waals surface area contributed by atoms with Crippen molar-refractivity contribution in [3.8, 4) is 17.6 Å². The minimum atomic E-state index is -0.467. The molecule has 0 atom stereocenters. The highest BCUT2D eigenvalue weighted by molar-refractivity contribution is 6.32. The summed E-state index contributed by atoms with van der Waals surface area (Å²) in [7, 11) is 0. The van der Waals surface area contributed by atoms with E-state index < -0.39 is 5.91 Å². The van der Waals surface area contributed by atoms with Crippen molar-refractivity contribution >= 4 is 23.6 Å². The number of benzene rings is 1. The van der Waals surface area contributed by atoms with E-state index >= 15 is 0 Å². The Kier molecular flexibility index (Phi) is 5.45. The van der Waals surface area contributed by atoms with E-state index in [1.807, 2.05) is 6.07 Å². The summed E-state index contributed by atoms with van der Waals surface area (Å²) < 4.78 is 11.1. The van der Waals surface area contributed by atoms with Gasteiger partial charge in [0.2, 0.25) is 0 Å². The molecule has 0 fully saturated rings. The summed E-state index contributed by atoms with van der Waals surface area (Å²) in [6.45, 7) is 4.86. The SMILES string of the molecule is C=CCNC(=O)/C(C#N)=C/c1cc(Cl)c2c(c1)OCCCO2. The first-order chi connectivity index (χ1) is 10.7. The second-order valence-corrected chi connectivity index (χ2v) is 4.96. The third kappa shape index (κ3) is 3.80. The van der Waals surface area contributed by atoms with Gasteiger partial charge in [0.25, 0.3) is 5.91 Å². The van der Waals surface area contributed by atoms with E-state index in [0.717, 1.165) is 6.42 Å². The molecule has 0 spiro atoms. The van der Waals surface area contributed by atoms with E-state index in [-0.39, 0.29) is 5.57 Å². The summed E-state index contributed by atoms with van der Waals surface area (Å²) in [6.07, 6.45) is 3.76. The molecule has 2 rings (SSSR count). The fourth-order valence-electron chi connectivity index (χ4n) is 1.91. The van der Waals surface area contributed by atoms with Gasteiger partial charge in [0.15, 0.2) is 11.5 Å². The fourth-order valence-corrected chi connectivity index (χ4v) is 2.18. The average molecular weight is 319 g/mol. The van der Waals surface area contributed by atoms with Crippen LogP contribution in [0, 0.1) is 11.3 Å². The molecular weight excluding hydrogens is 304 g/mol. The Balaban J connectivity index is 2.32.